The molecule has 2 saturated heterocycles. The van der Waals surface area contributed by atoms with E-state index in [2.05, 4.69) is 10.2 Å². The van der Waals surface area contributed by atoms with Gasteiger partial charge in [-0.1, -0.05) is 0 Å². The molecule has 8 heteroatoms. The number of fused-ring (bicyclic) bond motifs is 1. The largest absolute Gasteiger partial charge is 0.443 e. The Bertz CT molecular complexity index is 686. The van der Waals surface area contributed by atoms with Crippen LogP contribution in [0.25, 0.3) is 0 Å². The fourth-order valence-electron chi connectivity index (χ4n) is 4.40. The van der Waals surface area contributed by atoms with E-state index in [0.29, 0.717) is 32.0 Å². The van der Waals surface area contributed by atoms with Crippen LogP contribution < -0.4 is 11.1 Å². The molecule has 3 aliphatic rings. The van der Waals surface area contributed by atoms with Crippen molar-refractivity contribution in [1.29, 1.82) is 0 Å². The summed E-state index contributed by atoms with van der Waals surface area (Å²) in [5, 5.41) is 2.79. The number of hydrogen-bond donors (Lipinski definition) is 2. The van der Waals surface area contributed by atoms with Crippen molar-refractivity contribution >= 4 is 6.09 Å². The quantitative estimate of drug-likeness (QED) is 0.795. The Kier molecular flexibility index (Phi) is 4.11. The van der Waals surface area contributed by atoms with Gasteiger partial charge < -0.3 is 15.8 Å². The van der Waals surface area contributed by atoms with Gasteiger partial charge >= 0.3 is 6.09 Å². The molecule has 0 spiro atoms. The first-order chi connectivity index (χ1) is 11.9. The number of halogens is 3. The lowest BCUT2D eigenvalue weighted by Crippen LogP contribution is -2.46. The summed E-state index contributed by atoms with van der Waals surface area (Å²) in [5.74, 6) is -3.31. The van der Waals surface area contributed by atoms with Gasteiger partial charge in [-0.3, -0.25) is 4.90 Å². The average molecular weight is 355 g/mol. The maximum absolute atomic E-state index is 14.0. The lowest BCUT2D eigenvalue weighted by molar-refractivity contribution is 0.110. The van der Waals surface area contributed by atoms with Crippen molar-refractivity contribution in [2.45, 2.75) is 49.4 Å². The van der Waals surface area contributed by atoms with Gasteiger partial charge in [-0.15, -0.1) is 0 Å². The van der Waals surface area contributed by atoms with E-state index in [-0.39, 0.29) is 41.8 Å². The van der Waals surface area contributed by atoms with Crippen molar-refractivity contribution in [3.05, 3.63) is 35.1 Å². The number of ether oxygens (including phenoxy) is 1. The number of carbonyl (C=O) groups is 1. The number of carbonyl (C=O) groups excluding carboxylic acids is 1. The number of benzene rings is 1. The standard InChI is InChI=1S/C17H20F3N3O2/c18-11-5-13(20)12(19)4-10(11)9-2-1-8(3-14(9)21)23-6-15-16(7-23)25-17(24)22-15/h4-5,8-9,14-16H,1-3,6-7,21H2,(H,22,24)/t8-,9?,14?,15-,16+/m0/s1. The molecule has 136 valence electrons. The van der Waals surface area contributed by atoms with Crippen molar-refractivity contribution in [3.8, 4) is 0 Å². The van der Waals surface area contributed by atoms with Crippen LogP contribution >= 0.6 is 0 Å². The van der Waals surface area contributed by atoms with Gasteiger partial charge in [-0.05, 0) is 30.9 Å². The first-order valence-corrected chi connectivity index (χ1v) is 8.53. The zero-order valence-corrected chi connectivity index (χ0v) is 13.6. The number of amides is 1. The van der Waals surface area contributed by atoms with E-state index < -0.39 is 17.5 Å². The van der Waals surface area contributed by atoms with Gasteiger partial charge in [-0.2, -0.15) is 0 Å². The summed E-state index contributed by atoms with van der Waals surface area (Å²) < 4.78 is 45.9. The number of nitrogens with zero attached hydrogens (tertiary/aromatic N) is 1. The summed E-state index contributed by atoms with van der Waals surface area (Å²) in [6.45, 7) is 1.36. The Hall–Kier alpha value is -1.80. The van der Waals surface area contributed by atoms with Crippen molar-refractivity contribution in [1.82, 2.24) is 10.2 Å². The van der Waals surface area contributed by atoms with E-state index >= 15 is 0 Å². The Labute approximate surface area is 143 Å². The van der Waals surface area contributed by atoms with E-state index in [4.69, 9.17) is 10.5 Å². The first kappa shape index (κ1) is 16.7. The second-order valence-corrected chi connectivity index (χ2v) is 7.17. The molecule has 2 aliphatic heterocycles. The maximum atomic E-state index is 14.0. The average Bonchev–Trinajstić information content (AvgIpc) is 3.08. The van der Waals surface area contributed by atoms with E-state index in [1.165, 1.54) is 0 Å². The predicted molar refractivity (Wildman–Crippen MR) is 83.4 cm³/mol. The van der Waals surface area contributed by atoms with Crippen molar-refractivity contribution in [3.63, 3.8) is 0 Å². The van der Waals surface area contributed by atoms with Gasteiger partial charge in [0.05, 0.1) is 6.04 Å². The topological polar surface area (TPSA) is 67.6 Å². The molecular weight excluding hydrogens is 335 g/mol. The molecule has 1 amide bonds. The molecule has 0 bridgehead atoms. The van der Waals surface area contributed by atoms with Crippen molar-refractivity contribution < 1.29 is 22.7 Å². The zero-order valence-electron chi connectivity index (χ0n) is 13.6. The molecule has 3 N–H and O–H groups in total. The van der Waals surface area contributed by atoms with Crippen LogP contribution in [0.2, 0.25) is 0 Å². The van der Waals surface area contributed by atoms with Gasteiger partial charge in [0.2, 0.25) is 0 Å². The number of hydrogen-bond acceptors (Lipinski definition) is 4. The summed E-state index contributed by atoms with van der Waals surface area (Å²) in [6, 6.07) is 1.40. The van der Waals surface area contributed by atoms with Gasteiger partial charge in [0.25, 0.3) is 0 Å². The van der Waals surface area contributed by atoms with E-state index in [9.17, 15) is 18.0 Å². The summed E-state index contributed by atoms with van der Waals surface area (Å²) in [4.78, 5) is 13.5. The molecule has 0 radical (unpaired) electrons. The number of rotatable bonds is 2. The lowest BCUT2D eigenvalue weighted by atomic mass is 9.77. The third-order valence-corrected chi connectivity index (χ3v) is 5.68. The second-order valence-electron chi connectivity index (χ2n) is 7.17. The third kappa shape index (κ3) is 2.97. The van der Waals surface area contributed by atoms with Gasteiger partial charge in [-0.25, -0.2) is 18.0 Å². The van der Waals surface area contributed by atoms with E-state index in [1.807, 2.05) is 0 Å². The van der Waals surface area contributed by atoms with Crippen LogP contribution in [-0.4, -0.2) is 48.3 Å². The predicted octanol–water partition coefficient (Wildman–Crippen LogP) is 1.86. The zero-order chi connectivity index (χ0) is 17.7. The van der Waals surface area contributed by atoms with Crippen LogP contribution in [-0.2, 0) is 4.74 Å². The van der Waals surface area contributed by atoms with Crippen LogP contribution in [0.4, 0.5) is 18.0 Å². The minimum Gasteiger partial charge on any atom is -0.443 e. The highest BCUT2D eigenvalue weighted by Gasteiger charge is 2.45. The maximum Gasteiger partial charge on any atom is 0.407 e. The summed E-state index contributed by atoms with van der Waals surface area (Å²) in [5.41, 5.74) is 6.40. The Balaban J connectivity index is 1.43. The molecular formula is C17H20F3N3O2. The van der Waals surface area contributed by atoms with Crippen LogP contribution in [0.3, 0.4) is 0 Å². The van der Waals surface area contributed by atoms with Crippen LogP contribution in [0.1, 0.15) is 30.7 Å². The summed E-state index contributed by atoms with van der Waals surface area (Å²) in [6.07, 6.45) is 1.52. The minimum atomic E-state index is -1.19. The van der Waals surface area contributed by atoms with E-state index in [1.54, 1.807) is 0 Å². The number of alkyl carbamates (subject to hydrolysis) is 1. The van der Waals surface area contributed by atoms with Crippen molar-refractivity contribution in [2.24, 2.45) is 5.73 Å². The van der Waals surface area contributed by atoms with Crippen molar-refractivity contribution in [2.75, 3.05) is 13.1 Å². The minimum absolute atomic E-state index is 0.00471. The Morgan fingerprint density at radius 1 is 1.12 bits per heavy atom. The highest BCUT2D eigenvalue weighted by Crippen LogP contribution is 2.37. The smallest absolute Gasteiger partial charge is 0.407 e. The fourth-order valence-corrected chi connectivity index (χ4v) is 4.40. The number of likely N-dealkylation sites (tertiary alicyclic amines) is 1. The molecule has 1 aliphatic carbocycles. The lowest BCUT2D eigenvalue weighted by Gasteiger charge is -2.39. The van der Waals surface area contributed by atoms with Crippen LogP contribution in [0, 0.1) is 17.5 Å². The second kappa shape index (κ2) is 6.17. The monoisotopic (exact) mass is 355 g/mol. The Morgan fingerprint density at radius 3 is 2.60 bits per heavy atom. The highest BCUT2D eigenvalue weighted by molar-refractivity contribution is 5.70. The number of nitrogens with one attached hydrogen (secondary N) is 1. The van der Waals surface area contributed by atoms with Gasteiger partial charge in [0, 0.05) is 37.2 Å². The SMILES string of the molecule is NC1C[C@@H](N2C[C@@H]3NC(=O)O[C@@H]3C2)CCC1c1cc(F)c(F)cc1F. The number of nitrogens with two attached hydrogens (primary N) is 1. The molecule has 2 unspecified atom stereocenters. The molecule has 5 nitrogen and oxygen atoms in total. The molecule has 1 aromatic rings. The third-order valence-electron chi connectivity index (χ3n) is 5.68. The highest BCUT2D eigenvalue weighted by atomic mass is 19.2. The first-order valence-electron chi connectivity index (χ1n) is 8.53. The van der Waals surface area contributed by atoms with Gasteiger partial charge in [0.15, 0.2) is 11.6 Å². The molecule has 5 atom stereocenters. The molecule has 0 aromatic heterocycles. The molecule has 1 saturated carbocycles. The molecule has 1 aromatic carbocycles. The molecule has 25 heavy (non-hydrogen) atoms. The summed E-state index contributed by atoms with van der Waals surface area (Å²) >= 11 is 0. The molecule has 2 heterocycles. The normalized spacial score (nSPS) is 35.4. The van der Waals surface area contributed by atoms with Crippen LogP contribution in [0.5, 0.6) is 0 Å². The summed E-state index contributed by atoms with van der Waals surface area (Å²) in [7, 11) is 0. The van der Waals surface area contributed by atoms with Crippen LogP contribution in [0.15, 0.2) is 12.1 Å². The fraction of sp³-hybridized carbons (Fsp3) is 0.588. The van der Waals surface area contributed by atoms with E-state index in [0.717, 1.165) is 12.5 Å². The Morgan fingerprint density at radius 2 is 1.88 bits per heavy atom. The molecule has 3 fully saturated rings. The van der Waals surface area contributed by atoms with Gasteiger partial charge in [0.1, 0.15) is 11.9 Å². The molecule has 4 rings (SSSR count).